The van der Waals surface area contributed by atoms with Crippen LogP contribution in [0, 0.1) is 0 Å². The molecule has 0 saturated carbocycles. The number of aromatic nitrogens is 3. The molecule has 0 spiro atoms. The maximum atomic E-state index is 13.0. The summed E-state index contributed by atoms with van der Waals surface area (Å²) < 4.78 is 33.5. The number of methoxy groups -OCH3 is 1. The van der Waals surface area contributed by atoms with Gasteiger partial charge in [-0.15, -0.1) is 10.2 Å². The lowest BCUT2D eigenvalue weighted by Crippen LogP contribution is -2.35. The average molecular weight is 477 g/mol. The van der Waals surface area contributed by atoms with Gasteiger partial charge in [-0.05, 0) is 80.2 Å². The molecule has 7 nitrogen and oxygen atoms in total. The van der Waals surface area contributed by atoms with Crippen molar-refractivity contribution in [1.82, 2.24) is 19.9 Å². The van der Waals surface area contributed by atoms with E-state index in [2.05, 4.69) is 27.6 Å². The summed E-state index contributed by atoms with van der Waals surface area (Å²) in [7, 11) is -1.63. The number of nitrogens with zero attached hydrogens (tertiary/aromatic N) is 3. The van der Waals surface area contributed by atoms with E-state index in [4.69, 9.17) is 4.74 Å². The van der Waals surface area contributed by atoms with E-state index in [1.165, 1.54) is 0 Å². The Hall–Kier alpha value is -3.23. The Bertz CT molecular complexity index is 1390. The highest BCUT2D eigenvalue weighted by atomic mass is 32.2. The molecule has 5 rings (SSSR count). The van der Waals surface area contributed by atoms with Gasteiger partial charge in [-0.2, -0.15) is 0 Å². The monoisotopic (exact) mass is 476 g/mol. The number of hydrogen-bond donors (Lipinski definition) is 1. The number of hydrogen-bond acceptors (Lipinski definition) is 6. The van der Waals surface area contributed by atoms with Gasteiger partial charge in [0.15, 0.2) is 15.5 Å². The molecule has 2 aromatic carbocycles. The Kier molecular flexibility index (Phi) is 6.34. The molecule has 0 unspecified atom stereocenters. The Labute approximate surface area is 199 Å². The fourth-order valence-electron chi connectivity index (χ4n) is 4.69. The van der Waals surface area contributed by atoms with Crippen LogP contribution in [0.3, 0.4) is 0 Å². The lowest BCUT2D eigenvalue weighted by molar-refractivity contribution is 0.409. The number of fused-ring (bicyclic) bond motifs is 1. The smallest absolute Gasteiger partial charge is 0.181 e. The maximum Gasteiger partial charge on any atom is 0.181 e. The molecule has 0 radical (unpaired) electrons. The SMILES string of the molecule is COc1ccccc1CCc1ccc(-c2ccc(S(=O)(=O)C3CCNCC3)cc2)c2nncn12. The van der Waals surface area contributed by atoms with Gasteiger partial charge in [-0.1, -0.05) is 30.3 Å². The summed E-state index contributed by atoms with van der Waals surface area (Å²) in [5, 5.41) is 11.4. The minimum Gasteiger partial charge on any atom is -0.496 e. The molecule has 1 fully saturated rings. The summed E-state index contributed by atoms with van der Waals surface area (Å²) in [5.41, 5.74) is 4.84. The molecule has 1 N–H and O–H groups in total. The van der Waals surface area contributed by atoms with Crippen LogP contribution in [0.5, 0.6) is 5.75 Å². The third-order valence-corrected chi connectivity index (χ3v) is 8.88. The number of rotatable bonds is 7. The van der Waals surface area contributed by atoms with Crippen LogP contribution in [0.4, 0.5) is 0 Å². The third kappa shape index (κ3) is 4.31. The zero-order valence-corrected chi connectivity index (χ0v) is 20.0. The van der Waals surface area contributed by atoms with E-state index in [1.807, 2.05) is 40.8 Å². The number of pyridine rings is 1. The summed E-state index contributed by atoms with van der Waals surface area (Å²) in [4.78, 5) is 0.383. The Balaban J connectivity index is 1.40. The van der Waals surface area contributed by atoms with Crippen LogP contribution in [0.25, 0.3) is 16.8 Å². The number of sulfone groups is 1. The van der Waals surface area contributed by atoms with E-state index < -0.39 is 9.84 Å². The molecule has 0 amide bonds. The molecule has 176 valence electrons. The van der Waals surface area contributed by atoms with E-state index in [1.54, 1.807) is 25.6 Å². The summed E-state index contributed by atoms with van der Waals surface area (Å²) >= 11 is 0. The molecule has 34 heavy (non-hydrogen) atoms. The van der Waals surface area contributed by atoms with Gasteiger partial charge in [0.05, 0.1) is 17.3 Å². The Morgan fingerprint density at radius 2 is 1.76 bits per heavy atom. The summed E-state index contributed by atoms with van der Waals surface area (Å²) in [6.07, 6.45) is 4.68. The quantitative estimate of drug-likeness (QED) is 0.438. The Morgan fingerprint density at radius 1 is 1.00 bits per heavy atom. The second-order valence-electron chi connectivity index (χ2n) is 8.59. The number of aryl methyl sites for hydroxylation is 2. The third-order valence-electron chi connectivity index (χ3n) is 6.60. The molecule has 4 aromatic rings. The number of piperidine rings is 1. The van der Waals surface area contributed by atoms with E-state index >= 15 is 0 Å². The fraction of sp³-hybridized carbons (Fsp3) is 0.308. The average Bonchev–Trinajstić information content (AvgIpc) is 3.38. The zero-order chi connectivity index (χ0) is 23.5. The molecule has 1 aliphatic heterocycles. The van der Waals surface area contributed by atoms with E-state index in [0.29, 0.717) is 17.7 Å². The first kappa shape index (κ1) is 22.6. The summed E-state index contributed by atoms with van der Waals surface area (Å²) in [6.45, 7) is 1.49. The van der Waals surface area contributed by atoms with Gasteiger partial charge in [-0.3, -0.25) is 4.40 Å². The maximum absolute atomic E-state index is 13.0. The fourth-order valence-corrected chi connectivity index (χ4v) is 6.44. The largest absolute Gasteiger partial charge is 0.496 e. The summed E-state index contributed by atoms with van der Waals surface area (Å²) in [5.74, 6) is 0.888. The summed E-state index contributed by atoms with van der Waals surface area (Å²) in [6, 6.07) is 19.3. The topological polar surface area (TPSA) is 85.6 Å². The Morgan fingerprint density at radius 3 is 2.53 bits per heavy atom. The minimum absolute atomic E-state index is 0.315. The molecule has 2 aromatic heterocycles. The number of ether oxygens (including phenoxy) is 1. The van der Waals surface area contributed by atoms with Gasteiger partial charge in [0.1, 0.15) is 12.1 Å². The first-order valence-electron chi connectivity index (χ1n) is 11.6. The van der Waals surface area contributed by atoms with Gasteiger partial charge in [0.2, 0.25) is 0 Å². The van der Waals surface area contributed by atoms with Crippen molar-refractivity contribution in [2.45, 2.75) is 35.8 Å². The molecule has 3 heterocycles. The highest BCUT2D eigenvalue weighted by Gasteiger charge is 2.28. The van der Waals surface area contributed by atoms with Crippen LogP contribution in [0.1, 0.15) is 24.1 Å². The molecule has 0 bridgehead atoms. The molecule has 0 atom stereocenters. The lowest BCUT2D eigenvalue weighted by Gasteiger charge is -2.22. The molecular formula is C26H28N4O3S. The second-order valence-corrected chi connectivity index (χ2v) is 10.8. The van der Waals surface area contributed by atoms with Crippen LogP contribution in [0.15, 0.2) is 71.9 Å². The van der Waals surface area contributed by atoms with Crippen LogP contribution >= 0.6 is 0 Å². The predicted molar refractivity (Wildman–Crippen MR) is 132 cm³/mol. The molecule has 1 aliphatic rings. The first-order chi connectivity index (χ1) is 16.6. The lowest BCUT2D eigenvalue weighted by atomic mass is 10.0. The van der Waals surface area contributed by atoms with Crippen LogP contribution in [-0.4, -0.2) is 48.5 Å². The molecule has 8 heteroatoms. The second kappa shape index (κ2) is 9.56. The predicted octanol–water partition coefficient (Wildman–Crippen LogP) is 3.72. The van der Waals surface area contributed by atoms with E-state index in [9.17, 15) is 8.42 Å². The van der Waals surface area contributed by atoms with Crippen molar-refractivity contribution < 1.29 is 13.2 Å². The highest BCUT2D eigenvalue weighted by molar-refractivity contribution is 7.92. The van der Waals surface area contributed by atoms with Gasteiger partial charge in [-0.25, -0.2) is 8.42 Å². The number of nitrogens with one attached hydrogen (secondary N) is 1. The molecule has 1 saturated heterocycles. The van der Waals surface area contributed by atoms with Gasteiger partial charge < -0.3 is 10.1 Å². The van der Waals surface area contributed by atoms with E-state index in [0.717, 1.165) is 59.7 Å². The van der Waals surface area contributed by atoms with Crippen molar-refractivity contribution in [2.75, 3.05) is 20.2 Å². The molecule has 0 aliphatic carbocycles. The zero-order valence-electron chi connectivity index (χ0n) is 19.1. The van der Waals surface area contributed by atoms with Crippen LogP contribution in [0.2, 0.25) is 0 Å². The van der Waals surface area contributed by atoms with Crippen molar-refractivity contribution in [3.05, 3.63) is 78.2 Å². The van der Waals surface area contributed by atoms with Crippen molar-refractivity contribution in [2.24, 2.45) is 0 Å². The highest BCUT2D eigenvalue weighted by Crippen LogP contribution is 2.29. The minimum atomic E-state index is -3.32. The standard InChI is InChI=1S/C26H28N4O3S/c1-33-25-5-3-2-4-20(25)6-9-21-10-13-24(26-29-28-18-30(21)26)19-7-11-22(12-8-19)34(31,32)23-14-16-27-17-15-23/h2-5,7-8,10-13,18,23,27H,6,9,14-17H2,1H3. The van der Waals surface area contributed by atoms with Crippen molar-refractivity contribution in [3.63, 3.8) is 0 Å². The number of benzene rings is 2. The van der Waals surface area contributed by atoms with E-state index in [-0.39, 0.29) is 5.25 Å². The first-order valence-corrected chi connectivity index (χ1v) is 13.1. The van der Waals surface area contributed by atoms with Crippen molar-refractivity contribution >= 4 is 15.5 Å². The van der Waals surface area contributed by atoms with Crippen molar-refractivity contribution in [1.29, 1.82) is 0 Å². The molecular weight excluding hydrogens is 448 g/mol. The van der Waals surface area contributed by atoms with Gasteiger partial charge in [0, 0.05) is 11.3 Å². The normalized spacial score (nSPS) is 15.0. The van der Waals surface area contributed by atoms with Gasteiger partial charge in [0.25, 0.3) is 0 Å². The van der Waals surface area contributed by atoms with Gasteiger partial charge >= 0.3 is 0 Å². The van der Waals surface area contributed by atoms with Crippen LogP contribution < -0.4 is 10.1 Å². The van der Waals surface area contributed by atoms with Crippen LogP contribution in [-0.2, 0) is 22.7 Å². The van der Waals surface area contributed by atoms with Crippen molar-refractivity contribution in [3.8, 4) is 16.9 Å². The number of para-hydroxylation sites is 1.